The summed E-state index contributed by atoms with van der Waals surface area (Å²) in [5, 5.41) is 17.1. The molecule has 0 bridgehead atoms. The molecule has 6 heteroatoms. The van der Waals surface area contributed by atoms with Crippen LogP contribution in [0.2, 0.25) is 0 Å². The van der Waals surface area contributed by atoms with Gasteiger partial charge in [0.25, 0.3) is 0 Å². The average Bonchev–Trinajstić information content (AvgIpc) is 2.81. The Hall–Kier alpha value is -1.40. The van der Waals surface area contributed by atoms with Crippen LogP contribution in [0, 0.1) is 5.82 Å². The molecule has 1 atom stereocenters. The maximum Gasteiger partial charge on any atom is 0.123 e. The molecule has 1 heterocycles. The Kier molecular flexibility index (Phi) is 4.33. The molecule has 96 valence electrons. The number of aliphatic hydroxyl groups excluding tert-OH is 1. The molecule has 1 aromatic heterocycles. The fourth-order valence-corrected chi connectivity index (χ4v) is 2.24. The monoisotopic (exact) mass is 267 g/mol. The van der Waals surface area contributed by atoms with Gasteiger partial charge in [-0.2, -0.15) is 0 Å². The quantitative estimate of drug-likeness (QED) is 0.844. The van der Waals surface area contributed by atoms with Crippen LogP contribution < -0.4 is 0 Å². The molecule has 4 nitrogen and oxygen atoms in total. The van der Waals surface area contributed by atoms with E-state index < -0.39 is 6.10 Å². The summed E-state index contributed by atoms with van der Waals surface area (Å²) >= 11 is 1.62. The molecule has 0 aliphatic rings. The van der Waals surface area contributed by atoms with Gasteiger partial charge in [-0.05, 0) is 31.2 Å². The topological polar surface area (TPSA) is 50.9 Å². The maximum absolute atomic E-state index is 12.7. The van der Waals surface area contributed by atoms with Crippen LogP contribution in [-0.2, 0) is 6.54 Å². The number of benzene rings is 1. The van der Waals surface area contributed by atoms with E-state index in [1.165, 1.54) is 12.1 Å². The predicted molar refractivity (Wildman–Crippen MR) is 67.8 cm³/mol. The summed E-state index contributed by atoms with van der Waals surface area (Å²) in [4.78, 5) is 1.02. The number of aryl methyl sites for hydroxylation is 1. The molecule has 2 rings (SSSR count). The molecule has 0 saturated heterocycles. The molecule has 18 heavy (non-hydrogen) atoms. The van der Waals surface area contributed by atoms with Gasteiger partial charge in [-0.1, -0.05) is 5.21 Å². The summed E-state index contributed by atoms with van der Waals surface area (Å²) in [5.41, 5.74) is 0.571. The fraction of sp³-hybridized carbons (Fsp3) is 0.333. The molecule has 0 aliphatic heterocycles. The Morgan fingerprint density at radius 3 is 2.72 bits per heavy atom. The van der Waals surface area contributed by atoms with Crippen molar-refractivity contribution in [3.8, 4) is 0 Å². The fourth-order valence-electron chi connectivity index (χ4n) is 1.40. The lowest BCUT2D eigenvalue weighted by Crippen LogP contribution is -2.01. The van der Waals surface area contributed by atoms with Gasteiger partial charge in [-0.15, -0.1) is 16.9 Å². The Balaban J connectivity index is 1.82. The molecule has 0 amide bonds. The normalized spacial score (nSPS) is 12.6. The zero-order valence-electron chi connectivity index (χ0n) is 9.95. The Bertz CT molecular complexity index is 498. The van der Waals surface area contributed by atoms with Crippen LogP contribution in [0.1, 0.15) is 18.7 Å². The van der Waals surface area contributed by atoms with Crippen LogP contribution >= 0.6 is 11.8 Å². The van der Waals surface area contributed by atoms with E-state index in [9.17, 15) is 9.50 Å². The van der Waals surface area contributed by atoms with Crippen LogP contribution in [0.25, 0.3) is 0 Å². The van der Waals surface area contributed by atoms with Gasteiger partial charge in [0.1, 0.15) is 11.5 Å². The molecule has 0 spiro atoms. The number of aliphatic hydroxyl groups is 1. The zero-order chi connectivity index (χ0) is 13.0. The zero-order valence-corrected chi connectivity index (χ0v) is 10.8. The molecule has 0 aliphatic carbocycles. The van der Waals surface area contributed by atoms with Crippen LogP contribution in [-0.4, -0.2) is 25.9 Å². The first-order chi connectivity index (χ1) is 8.65. The summed E-state index contributed by atoms with van der Waals surface area (Å²) in [5.74, 6) is 0.589. The van der Waals surface area contributed by atoms with Crippen molar-refractivity contribution in [2.24, 2.45) is 0 Å². The molecule has 1 aromatic carbocycles. The predicted octanol–water partition coefficient (Wildman–Crippen LogP) is 2.26. The second-order valence-corrected chi connectivity index (χ2v) is 5.05. The van der Waals surface area contributed by atoms with Crippen molar-refractivity contribution in [2.75, 3.05) is 5.75 Å². The third-order valence-electron chi connectivity index (χ3n) is 2.39. The highest BCUT2D eigenvalue weighted by atomic mass is 32.2. The Morgan fingerprint density at radius 1 is 1.39 bits per heavy atom. The highest BCUT2D eigenvalue weighted by molar-refractivity contribution is 7.99. The maximum atomic E-state index is 12.7. The summed E-state index contributed by atoms with van der Waals surface area (Å²) < 4.78 is 14.4. The van der Waals surface area contributed by atoms with Crippen LogP contribution in [0.4, 0.5) is 4.39 Å². The van der Waals surface area contributed by atoms with E-state index in [0.717, 1.165) is 10.6 Å². The number of aromatic nitrogens is 3. The molecule has 1 unspecified atom stereocenters. The smallest absolute Gasteiger partial charge is 0.123 e. The van der Waals surface area contributed by atoms with E-state index in [4.69, 9.17) is 0 Å². The van der Waals surface area contributed by atoms with Gasteiger partial charge in [-0.25, -0.2) is 4.39 Å². The van der Waals surface area contributed by atoms with Gasteiger partial charge < -0.3 is 5.11 Å². The average molecular weight is 267 g/mol. The lowest BCUT2D eigenvalue weighted by atomic mass is 10.3. The first kappa shape index (κ1) is 13.0. The first-order valence-electron chi connectivity index (χ1n) is 5.61. The largest absolute Gasteiger partial charge is 0.387 e. The highest BCUT2D eigenvalue weighted by Gasteiger charge is 2.05. The molecule has 2 aromatic rings. The number of rotatable bonds is 5. The van der Waals surface area contributed by atoms with Gasteiger partial charge >= 0.3 is 0 Å². The van der Waals surface area contributed by atoms with Gasteiger partial charge in [0.05, 0.1) is 18.8 Å². The second-order valence-electron chi connectivity index (χ2n) is 3.88. The molecule has 0 saturated carbocycles. The summed E-state index contributed by atoms with van der Waals surface area (Å²) in [6.07, 6.45) is 1.14. The SMILES string of the molecule is CC(O)c1cn(CCSc2ccc(F)cc2)nn1. The highest BCUT2D eigenvalue weighted by Crippen LogP contribution is 2.18. The minimum absolute atomic E-state index is 0.225. The van der Waals surface area contributed by atoms with Crippen molar-refractivity contribution in [3.63, 3.8) is 0 Å². The van der Waals surface area contributed by atoms with Gasteiger partial charge in [0.15, 0.2) is 0 Å². The number of hydrogen-bond donors (Lipinski definition) is 1. The minimum atomic E-state index is -0.594. The molecule has 0 radical (unpaired) electrons. The Labute approximate surface area is 109 Å². The van der Waals surface area contributed by atoms with Gasteiger partial charge in [0, 0.05) is 10.6 Å². The van der Waals surface area contributed by atoms with Crippen LogP contribution in [0.3, 0.4) is 0 Å². The van der Waals surface area contributed by atoms with Crippen LogP contribution in [0.5, 0.6) is 0 Å². The summed E-state index contributed by atoms with van der Waals surface area (Å²) in [7, 11) is 0. The van der Waals surface area contributed by atoms with Gasteiger partial charge in [0.2, 0.25) is 0 Å². The standard InChI is InChI=1S/C12H14FN3OS/c1-9(17)12-8-16(15-14-12)6-7-18-11-4-2-10(13)3-5-11/h2-5,8-9,17H,6-7H2,1H3. The van der Waals surface area contributed by atoms with E-state index >= 15 is 0 Å². The third-order valence-corrected chi connectivity index (χ3v) is 3.38. The van der Waals surface area contributed by atoms with E-state index in [2.05, 4.69) is 10.3 Å². The van der Waals surface area contributed by atoms with E-state index in [-0.39, 0.29) is 5.82 Å². The summed E-state index contributed by atoms with van der Waals surface area (Å²) in [6, 6.07) is 6.40. The minimum Gasteiger partial charge on any atom is -0.387 e. The Morgan fingerprint density at radius 2 is 2.11 bits per heavy atom. The van der Waals surface area contributed by atoms with E-state index in [1.54, 1.807) is 41.7 Å². The van der Waals surface area contributed by atoms with Crippen molar-refractivity contribution in [1.82, 2.24) is 15.0 Å². The molecule has 1 N–H and O–H groups in total. The van der Waals surface area contributed by atoms with Crippen molar-refractivity contribution in [3.05, 3.63) is 42.0 Å². The van der Waals surface area contributed by atoms with Crippen molar-refractivity contribution in [1.29, 1.82) is 0 Å². The number of hydrogen-bond acceptors (Lipinski definition) is 4. The molecular formula is C12H14FN3OS. The second kappa shape index (κ2) is 5.97. The van der Waals surface area contributed by atoms with Crippen molar-refractivity contribution >= 4 is 11.8 Å². The summed E-state index contributed by atoms with van der Waals surface area (Å²) in [6.45, 7) is 2.35. The number of nitrogens with zero attached hydrogens (tertiary/aromatic N) is 3. The lowest BCUT2D eigenvalue weighted by Gasteiger charge is -2.01. The number of thioether (sulfide) groups is 1. The van der Waals surface area contributed by atoms with Crippen LogP contribution in [0.15, 0.2) is 35.4 Å². The number of halogens is 1. The molecular weight excluding hydrogens is 253 g/mol. The van der Waals surface area contributed by atoms with Crippen molar-refractivity contribution < 1.29 is 9.50 Å². The van der Waals surface area contributed by atoms with Gasteiger partial charge in [-0.3, -0.25) is 4.68 Å². The van der Waals surface area contributed by atoms with E-state index in [0.29, 0.717) is 12.2 Å². The van der Waals surface area contributed by atoms with E-state index in [1.807, 2.05) is 0 Å². The first-order valence-corrected chi connectivity index (χ1v) is 6.60. The lowest BCUT2D eigenvalue weighted by molar-refractivity contribution is 0.194. The third kappa shape index (κ3) is 3.54. The van der Waals surface area contributed by atoms with Crippen molar-refractivity contribution in [2.45, 2.75) is 24.5 Å². The molecule has 0 fully saturated rings.